The van der Waals surface area contributed by atoms with Gasteiger partial charge in [0.1, 0.15) is 11.1 Å². The molecule has 1 atom stereocenters. The normalized spacial score (nSPS) is 12.6. The number of benzene rings is 1. The molecule has 0 aliphatic heterocycles. The van der Waals surface area contributed by atoms with Gasteiger partial charge >= 0.3 is 0 Å². The van der Waals surface area contributed by atoms with Crippen LogP contribution in [0.1, 0.15) is 33.8 Å². The van der Waals surface area contributed by atoms with Crippen LogP contribution in [0.2, 0.25) is 0 Å². The zero-order valence-electron chi connectivity index (χ0n) is 14.1. The number of carbonyl (C=O) groups excluding carboxylic acids is 1. The Kier molecular flexibility index (Phi) is 6.78. The Morgan fingerprint density at radius 1 is 1.27 bits per heavy atom. The fraction of sp³-hybridized carbons (Fsp3) is 0.294. The van der Waals surface area contributed by atoms with E-state index in [1.165, 1.54) is 24.4 Å². The van der Waals surface area contributed by atoms with E-state index in [0.29, 0.717) is 12.3 Å². The van der Waals surface area contributed by atoms with Crippen molar-refractivity contribution in [2.24, 2.45) is 0 Å². The predicted molar refractivity (Wildman–Crippen MR) is 92.2 cm³/mol. The molecule has 0 bridgehead atoms. The zero-order valence-corrected chi connectivity index (χ0v) is 14.9. The van der Waals surface area contributed by atoms with E-state index in [4.69, 9.17) is 4.74 Å². The third kappa shape index (κ3) is 5.07. The Morgan fingerprint density at radius 3 is 2.50 bits per heavy atom. The van der Waals surface area contributed by atoms with E-state index in [2.05, 4.69) is 4.98 Å². The van der Waals surface area contributed by atoms with Crippen LogP contribution in [0.5, 0.6) is 0 Å². The average molecular weight is 382 g/mol. The number of nitrogens with zero attached hydrogens (tertiary/aromatic N) is 1. The lowest BCUT2D eigenvalue weighted by molar-refractivity contribution is 0.0980. The van der Waals surface area contributed by atoms with Crippen LogP contribution in [-0.4, -0.2) is 37.6 Å². The van der Waals surface area contributed by atoms with Crippen molar-refractivity contribution in [3.63, 3.8) is 0 Å². The van der Waals surface area contributed by atoms with E-state index >= 15 is 0 Å². The van der Waals surface area contributed by atoms with Gasteiger partial charge in [-0.15, -0.1) is 0 Å². The van der Waals surface area contributed by atoms with Gasteiger partial charge in [-0.1, -0.05) is 12.1 Å². The summed E-state index contributed by atoms with van der Waals surface area (Å²) in [5, 5.41) is 8.03. The summed E-state index contributed by atoms with van der Waals surface area (Å²) in [5.41, 5.74) is 0.815. The lowest BCUT2D eigenvalue weighted by atomic mass is 10.1. The minimum absolute atomic E-state index is 0.0459. The Balaban J connectivity index is 2.13. The second-order valence-electron chi connectivity index (χ2n) is 5.37. The first-order chi connectivity index (χ1) is 12.4. The molecule has 1 aromatic carbocycles. The molecule has 0 spiro atoms. The lowest BCUT2D eigenvalue weighted by Crippen LogP contribution is -2.35. The van der Waals surface area contributed by atoms with E-state index in [1.54, 1.807) is 6.07 Å². The van der Waals surface area contributed by atoms with Crippen molar-refractivity contribution in [1.82, 2.24) is 9.71 Å². The number of carbonyl (C=O) groups is 1. The van der Waals surface area contributed by atoms with Gasteiger partial charge in [0.25, 0.3) is 5.91 Å². The van der Waals surface area contributed by atoms with Crippen molar-refractivity contribution in [3.05, 3.63) is 65.2 Å². The first-order valence-corrected chi connectivity index (χ1v) is 9.37. The summed E-state index contributed by atoms with van der Waals surface area (Å²) < 4.78 is 44.9. The van der Waals surface area contributed by atoms with Crippen LogP contribution in [-0.2, 0) is 21.4 Å². The number of pyridine rings is 1. The topological polar surface area (TPSA) is 106 Å². The highest BCUT2D eigenvalue weighted by atomic mass is 32.2. The van der Waals surface area contributed by atoms with Crippen molar-refractivity contribution < 1.29 is 27.4 Å². The van der Waals surface area contributed by atoms with Crippen LogP contribution in [0.15, 0.2) is 42.6 Å². The maximum Gasteiger partial charge on any atom is 0.266 e. The number of halogens is 1. The number of hydrogen-bond acceptors (Lipinski definition) is 6. The zero-order chi connectivity index (χ0) is 19.2. The van der Waals surface area contributed by atoms with Crippen LogP contribution in [0.4, 0.5) is 4.39 Å². The van der Waals surface area contributed by atoms with Gasteiger partial charge in [-0.25, -0.2) is 17.5 Å². The molecule has 0 saturated heterocycles. The summed E-state index contributed by atoms with van der Waals surface area (Å²) in [6, 6.07) is 7.62. The number of rotatable bonds is 8. The second kappa shape index (κ2) is 8.84. The highest BCUT2D eigenvalue weighted by Crippen LogP contribution is 2.21. The van der Waals surface area contributed by atoms with Crippen LogP contribution >= 0.6 is 0 Å². The van der Waals surface area contributed by atoms with Crippen molar-refractivity contribution in [3.8, 4) is 0 Å². The minimum Gasteiger partial charge on any atom is -0.395 e. The maximum atomic E-state index is 13.0. The van der Waals surface area contributed by atoms with Gasteiger partial charge in [0.15, 0.2) is 0 Å². The number of ether oxygens (including phenoxy) is 1. The molecule has 1 aromatic heterocycles. The number of aromatic nitrogens is 1. The van der Waals surface area contributed by atoms with Gasteiger partial charge in [0, 0.05) is 12.8 Å². The molecule has 0 aliphatic rings. The molecule has 0 saturated carbocycles. The van der Waals surface area contributed by atoms with Gasteiger partial charge in [0.05, 0.1) is 24.5 Å². The predicted octanol–water partition coefficient (Wildman–Crippen LogP) is 1.55. The summed E-state index contributed by atoms with van der Waals surface area (Å²) in [5.74, 6) is -1.41. The second-order valence-corrected chi connectivity index (χ2v) is 7.24. The molecule has 0 radical (unpaired) electrons. The summed E-state index contributed by atoms with van der Waals surface area (Å²) in [4.78, 5) is 16.2. The van der Waals surface area contributed by atoms with E-state index in [1.807, 2.05) is 11.6 Å². The molecule has 1 unspecified atom stereocenters. The Morgan fingerprint density at radius 2 is 1.96 bits per heavy atom. The smallest absolute Gasteiger partial charge is 0.266 e. The molecule has 9 heteroatoms. The molecule has 0 aliphatic carbocycles. The van der Waals surface area contributed by atoms with E-state index < -0.39 is 33.6 Å². The van der Waals surface area contributed by atoms with Crippen molar-refractivity contribution in [2.45, 2.75) is 18.8 Å². The molecule has 0 fully saturated rings. The average Bonchev–Trinajstić information content (AvgIpc) is 2.62. The molecule has 7 nitrogen and oxygen atoms in total. The van der Waals surface area contributed by atoms with Gasteiger partial charge in [0.2, 0.25) is 10.0 Å². The minimum atomic E-state index is -4.23. The van der Waals surface area contributed by atoms with E-state index in [0.717, 1.165) is 12.1 Å². The van der Waals surface area contributed by atoms with Gasteiger partial charge in [-0.2, -0.15) is 0 Å². The van der Waals surface area contributed by atoms with Crippen LogP contribution in [0, 0.1) is 5.82 Å². The van der Waals surface area contributed by atoms with Crippen LogP contribution < -0.4 is 4.72 Å². The lowest BCUT2D eigenvalue weighted by Gasteiger charge is -2.16. The van der Waals surface area contributed by atoms with E-state index in [-0.39, 0.29) is 17.7 Å². The monoisotopic (exact) mass is 382 g/mol. The molecule has 26 heavy (non-hydrogen) atoms. The molecule has 140 valence electrons. The fourth-order valence-corrected chi connectivity index (χ4v) is 3.40. The highest BCUT2D eigenvalue weighted by molar-refractivity contribution is 7.90. The quantitative estimate of drug-likeness (QED) is 0.718. The summed E-state index contributed by atoms with van der Waals surface area (Å²) in [6.07, 6.45) is 1.24. The first kappa shape index (κ1) is 20.0. The summed E-state index contributed by atoms with van der Waals surface area (Å²) in [6.45, 7) is 1.88. The Bertz CT molecular complexity index is 838. The number of amides is 1. The van der Waals surface area contributed by atoms with Gasteiger partial charge in [-0.05, 0) is 36.8 Å². The highest BCUT2D eigenvalue weighted by Gasteiger charge is 2.29. The van der Waals surface area contributed by atoms with Crippen LogP contribution in [0.25, 0.3) is 0 Å². The molecular formula is C17H19FN2O5S. The summed E-state index contributed by atoms with van der Waals surface area (Å²) in [7, 11) is -4.23. The summed E-state index contributed by atoms with van der Waals surface area (Å²) >= 11 is 0. The number of hydrogen-bond donors (Lipinski definition) is 2. The molecule has 1 amide bonds. The molecule has 1 heterocycles. The van der Waals surface area contributed by atoms with Gasteiger partial charge in [-0.3, -0.25) is 9.78 Å². The fourth-order valence-electron chi connectivity index (χ4n) is 2.17. The van der Waals surface area contributed by atoms with E-state index in [9.17, 15) is 22.7 Å². The standard InChI is InChI=1S/C17H19FN2O5S/c1-2-25-11-15-8-5-13(9-19-15)17(22)20-26(23,24)16(10-21)12-3-6-14(18)7-4-12/h3-9,16,21H,2,10-11H2,1H3,(H,20,22). The molecule has 2 rings (SSSR count). The van der Waals surface area contributed by atoms with Crippen molar-refractivity contribution >= 4 is 15.9 Å². The number of nitrogens with one attached hydrogen (secondary N) is 1. The SMILES string of the molecule is CCOCc1ccc(C(=O)NS(=O)(=O)C(CO)c2ccc(F)cc2)cn1. The number of sulfonamides is 1. The Hall–Kier alpha value is -2.36. The first-order valence-electron chi connectivity index (χ1n) is 7.82. The molecule has 2 N–H and O–H groups in total. The third-order valence-corrected chi connectivity index (χ3v) is 5.20. The van der Waals surface area contributed by atoms with Crippen LogP contribution in [0.3, 0.4) is 0 Å². The molecule has 2 aromatic rings. The third-order valence-electron chi connectivity index (χ3n) is 3.56. The largest absolute Gasteiger partial charge is 0.395 e. The van der Waals surface area contributed by atoms with Crippen molar-refractivity contribution in [2.75, 3.05) is 13.2 Å². The Labute approximate surface area is 150 Å². The van der Waals surface area contributed by atoms with Gasteiger partial charge < -0.3 is 9.84 Å². The number of aliphatic hydroxyl groups excluding tert-OH is 1. The molecular weight excluding hydrogens is 363 g/mol. The maximum absolute atomic E-state index is 13.0. The van der Waals surface area contributed by atoms with Crippen molar-refractivity contribution in [1.29, 1.82) is 0 Å². The number of aliphatic hydroxyl groups is 1.